The fourth-order valence-electron chi connectivity index (χ4n) is 2.40. The van der Waals surface area contributed by atoms with Gasteiger partial charge in [0.05, 0.1) is 19.2 Å². The summed E-state index contributed by atoms with van der Waals surface area (Å²) < 4.78 is 2.00. The smallest absolute Gasteiger partial charge is 0.162 e. The molecular weight excluding hydrogens is 571 g/mol. The zero-order valence-corrected chi connectivity index (χ0v) is 20.8. The van der Waals surface area contributed by atoms with Gasteiger partial charge in [0, 0.05) is 16.3 Å². The van der Waals surface area contributed by atoms with E-state index in [-0.39, 0.29) is 10.9 Å². The zero-order chi connectivity index (χ0) is 20.6. The Morgan fingerprint density at radius 3 is 2.00 bits per heavy atom. The van der Waals surface area contributed by atoms with Crippen LogP contribution in [0.25, 0.3) is 20.4 Å². The first kappa shape index (κ1) is 22.1. The molecule has 4 nitrogen and oxygen atoms in total. The van der Waals surface area contributed by atoms with E-state index in [0.29, 0.717) is 16.3 Å². The monoisotopic (exact) mass is 580 g/mol. The maximum absolute atomic E-state index is 11.2. The lowest BCUT2D eigenvalue weighted by Gasteiger charge is -2.05. The van der Waals surface area contributed by atoms with Crippen LogP contribution in [-0.4, -0.2) is 20.9 Å². The number of nitrogens with zero attached hydrogens (tertiary/aromatic N) is 2. The first-order valence-corrected chi connectivity index (χ1v) is 11.8. The minimum Gasteiger partial charge on any atom is -0.389 e. The number of Topliss-reactive ketones (excluding diaryl/α,β-unsaturated/α-hetero) is 1. The molecule has 4 aromatic heterocycles. The van der Waals surface area contributed by atoms with Gasteiger partial charge in [0.15, 0.2) is 5.78 Å². The van der Waals surface area contributed by atoms with Crippen LogP contribution in [0.2, 0.25) is 10.3 Å². The summed E-state index contributed by atoms with van der Waals surface area (Å²) in [6.45, 7) is 3.16. The molecule has 0 aliphatic rings. The third kappa shape index (κ3) is 4.92. The fourth-order valence-corrected chi connectivity index (χ4v) is 5.97. The van der Waals surface area contributed by atoms with Gasteiger partial charge >= 0.3 is 0 Å². The molecule has 0 saturated carbocycles. The van der Waals surface area contributed by atoms with Crippen LogP contribution in [0.15, 0.2) is 31.8 Å². The highest BCUT2D eigenvalue weighted by Gasteiger charge is 2.12. The highest BCUT2D eigenvalue weighted by atomic mass is 79.9. The molecule has 0 radical (unpaired) electrons. The van der Waals surface area contributed by atoms with Gasteiger partial charge in [-0.15, -0.1) is 22.7 Å². The van der Waals surface area contributed by atoms with Crippen molar-refractivity contribution in [3.8, 4) is 0 Å². The quantitative estimate of drug-likeness (QED) is 0.194. The van der Waals surface area contributed by atoms with Gasteiger partial charge in [0.1, 0.15) is 20.0 Å². The molecule has 0 unspecified atom stereocenters. The van der Waals surface area contributed by atoms with E-state index in [0.717, 1.165) is 28.0 Å². The van der Waals surface area contributed by atoms with Gasteiger partial charge in [-0.1, -0.05) is 23.2 Å². The highest BCUT2D eigenvalue weighted by Crippen LogP contribution is 2.33. The van der Waals surface area contributed by atoms with Crippen molar-refractivity contribution >= 4 is 104 Å². The number of carbonyl (C=O) groups is 1. The van der Waals surface area contributed by atoms with Crippen molar-refractivity contribution in [2.45, 2.75) is 20.0 Å². The maximum atomic E-state index is 11.2. The molecule has 0 amide bonds. The number of aliphatic hydroxyl groups is 1. The number of rotatable bonds is 2. The molecule has 0 fully saturated rings. The van der Waals surface area contributed by atoms with Gasteiger partial charge in [-0.3, -0.25) is 4.79 Å². The number of carbonyl (C=O) groups excluding carboxylic acids is 1. The molecule has 0 aromatic carbocycles. The van der Waals surface area contributed by atoms with Crippen molar-refractivity contribution in [3.05, 3.63) is 53.3 Å². The van der Waals surface area contributed by atoms with E-state index in [1.807, 2.05) is 18.2 Å². The topological polar surface area (TPSA) is 63.1 Å². The van der Waals surface area contributed by atoms with Crippen molar-refractivity contribution < 1.29 is 9.90 Å². The minimum absolute atomic E-state index is 0.0632. The number of halogens is 4. The normalized spacial score (nSPS) is 12.1. The van der Waals surface area contributed by atoms with Gasteiger partial charge in [-0.25, -0.2) is 9.97 Å². The SMILES string of the molecule is CC(=O)c1cc2cc(Br)sc2nc1Cl.C[C@@H](O)c1cc2cc(Br)sc2nc1Cl. The second-order valence-electron chi connectivity index (χ2n) is 5.82. The zero-order valence-electron chi connectivity index (χ0n) is 14.5. The summed E-state index contributed by atoms with van der Waals surface area (Å²) in [6.07, 6.45) is -0.585. The molecule has 10 heteroatoms. The summed E-state index contributed by atoms with van der Waals surface area (Å²) in [6, 6.07) is 7.54. The van der Waals surface area contributed by atoms with Crippen molar-refractivity contribution in [2.75, 3.05) is 0 Å². The Morgan fingerprint density at radius 2 is 1.50 bits per heavy atom. The van der Waals surface area contributed by atoms with Crippen molar-refractivity contribution in [1.29, 1.82) is 0 Å². The van der Waals surface area contributed by atoms with Crippen LogP contribution in [0, 0.1) is 0 Å². The number of ketones is 1. The van der Waals surface area contributed by atoms with E-state index in [2.05, 4.69) is 41.8 Å². The molecule has 1 N–H and O–H groups in total. The molecule has 0 bridgehead atoms. The number of aliphatic hydroxyl groups excluding tert-OH is 1. The predicted molar refractivity (Wildman–Crippen MR) is 125 cm³/mol. The van der Waals surface area contributed by atoms with E-state index in [1.54, 1.807) is 13.0 Å². The minimum atomic E-state index is -0.585. The van der Waals surface area contributed by atoms with Crippen LogP contribution in [0.3, 0.4) is 0 Å². The van der Waals surface area contributed by atoms with E-state index in [4.69, 9.17) is 23.2 Å². The number of hydrogen-bond donors (Lipinski definition) is 1. The standard InChI is InChI=1S/C9H7BrClNOS.C9H5BrClNOS/c2*1-4(13)6-2-5-3-7(10)14-9(5)12-8(6)11/h2-4,13H,1H3;2-3H,1H3/t4-;/m1./s1. The molecule has 4 aromatic rings. The summed E-state index contributed by atoms with van der Waals surface area (Å²) in [7, 11) is 0. The summed E-state index contributed by atoms with van der Waals surface area (Å²) in [4.78, 5) is 21.3. The van der Waals surface area contributed by atoms with Gasteiger partial charge in [0.25, 0.3) is 0 Å². The molecular formula is C18H12Br2Cl2N2O2S2. The summed E-state index contributed by atoms with van der Waals surface area (Å²) >= 11 is 21.6. The molecule has 4 rings (SSSR count). The average molecular weight is 583 g/mol. The summed E-state index contributed by atoms with van der Waals surface area (Å²) in [5.74, 6) is -0.0632. The Bertz CT molecular complexity index is 1190. The first-order valence-electron chi connectivity index (χ1n) is 7.85. The number of aromatic nitrogens is 2. The van der Waals surface area contributed by atoms with Crippen LogP contribution in [0.5, 0.6) is 0 Å². The largest absolute Gasteiger partial charge is 0.389 e. The predicted octanol–water partition coefficient (Wildman–Crippen LogP) is 7.68. The van der Waals surface area contributed by atoms with Gasteiger partial charge in [0.2, 0.25) is 0 Å². The van der Waals surface area contributed by atoms with Crippen LogP contribution in [0.4, 0.5) is 0 Å². The number of thiophene rings is 2. The lowest BCUT2D eigenvalue weighted by atomic mass is 10.1. The molecule has 146 valence electrons. The first-order chi connectivity index (χ1) is 13.2. The van der Waals surface area contributed by atoms with Crippen molar-refractivity contribution in [2.24, 2.45) is 0 Å². The Morgan fingerprint density at radius 1 is 1.00 bits per heavy atom. The molecule has 0 spiro atoms. The van der Waals surface area contributed by atoms with Gasteiger partial charge in [-0.05, 0) is 70.0 Å². The Balaban J connectivity index is 0.000000161. The van der Waals surface area contributed by atoms with E-state index >= 15 is 0 Å². The van der Waals surface area contributed by atoms with E-state index in [1.165, 1.54) is 29.6 Å². The van der Waals surface area contributed by atoms with Crippen molar-refractivity contribution in [1.82, 2.24) is 9.97 Å². The lowest BCUT2D eigenvalue weighted by Crippen LogP contribution is -1.94. The molecule has 1 atom stereocenters. The second kappa shape index (κ2) is 9.04. The molecule has 4 heterocycles. The highest BCUT2D eigenvalue weighted by molar-refractivity contribution is 9.11. The summed E-state index contributed by atoms with van der Waals surface area (Å²) in [5.41, 5.74) is 1.15. The molecule has 0 saturated heterocycles. The molecule has 0 aliphatic heterocycles. The Labute approximate surface area is 195 Å². The average Bonchev–Trinajstić information content (AvgIpc) is 3.13. The maximum Gasteiger partial charge on any atom is 0.162 e. The third-order valence-corrected chi connectivity index (χ3v) is 7.41. The Hall–Kier alpha value is -0.610. The Kier molecular flexibility index (Phi) is 7.13. The fraction of sp³-hybridized carbons (Fsp3) is 0.167. The molecule has 28 heavy (non-hydrogen) atoms. The van der Waals surface area contributed by atoms with E-state index in [9.17, 15) is 9.90 Å². The van der Waals surface area contributed by atoms with Gasteiger partial charge in [-0.2, -0.15) is 0 Å². The van der Waals surface area contributed by atoms with Crippen LogP contribution < -0.4 is 0 Å². The van der Waals surface area contributed by atoms with E-state index < -0.39 is 6.10 Å². The number of hydrogen-bond acceptors (Lipinski definition) is 6. The van der Waals surface area contributed by atoms with Crippen LogP contribution in [-0.2, 0) is 0 Å². The second-order valence-corrected chi connectivity index (χ2v) is 11.4. The molecule has 0 aliphatic carbocycles. The van der Waals surface area contributed by atoms with Crippen LogP contribution >= 0.6 is 77.7 Å². The van der Waals surface area contributed by atoms with Gasteiger partial charge < -0.3 is 5.11 Å². The summed E-state index contributed by atoms with van der Waals surface area (Å²) in [5, 5.41) is 12.0. The third-order valence-electron chi connectivity index (χ3n) is 3.72. The van der Waals surface area contributed by atoms with Crippen molar-refractivity contribution in [3.63, 3.8) is 0 Å². The number of fused-ring (bicyclic) bond motifs is 2. The number of pyridine rings is 2. The van der Waals surface area contributed by atoms with Crippen LogP contribution in [0.1, 0.15) is 35.9 Å². The lowest BCUT2D eigenvalue weighted by molar-refractivity contribution is 0.101.